The highest BCUT2D eigenvalue weighted by Crippen LogP contribution is 2.24. The molecule has 4 aliphatic rings. The Hall–Kier alpha value is -2.11. The first-order valence-corrected chi connectivity index (χ1v) is 11.2. The minimum absolute atomic E-state index is 0.452. The van der Waals surface area contributed by atoms with Gasteiger partial charge in [-0.15, -0.1) is 23.5 Å². The molecule has 2 aromatic carbocycles. The summed E-state index contributed by atoms with van der Waals surface area (Å²) in [5.41, 5.74) is 4.45. The Morgan fingerprint density at radius 2 is 1.11 bits per heavy atom. The second kappa shape index (κ2) is 9.20. The van der Waals surface area contributed by atoms with Gasteiger partial charge >= 0.3 is 0 Å². The molecular formula is C22H21NO2S2. The van der Waals surface area contributed by atoms with Crippen LogP contribution in [-0.2, 0) is 24.7 Å². The monoisotopic (exact) mass is 395 g/mol. The van der Waals surface area contributed by atoms with Crippen molar-refractivity contribution in [1.29, 1.82) is 0 Å². The predicted octanol–water partition coefficient (Wildman–Crippen LogP) is 5.68. The summed E-state index contributed by atoms with van der Waals surface area (Å²) >= 11 is 3.89. The van der Waals surface area contributed by atoms with Crippen molar-refractivity contribution in [1.82, 2.24) is 4.98 Å². The molecule has 5 heteroatoms. The predicted molar refractivity (Wildman–Crippen MR) is 113 cm³/mol. The molecule has 0 amide bonds. The van der Waals surface area contributed by atoms with Gasteiger partial charge in [-0.2, -0.15) is 0 Å². The van der Waals surface area contributed by atoms with Gasteiger partial charge in [-0.25, -0.2) is 0 Å². The highest BCUT2D eigenvalue weighted by Gasteiger charge is 2.04. The Labute approximate surface area is 168 Å². The fourth-order valence-electron chi connectivity index (χ4n) is 2.75. The van der Waals surface area contributed by atoms with Gasteiger partial charge in [-0.3, -0.25) is 4.98 Å². The van der Waals surface area contributed by atoms with Gasteiger partial charge in [0, 0.05) is 16.6 Å². The van der Waals surface area contributed by atoms with Crippen LogP contribution in [0.15, 0.2) is 66.7 Å². The maximum Gasteiger partial charge on any atom is 0.130 e. The lowest BCUT2D eigenvalue weighted by Crippen LogP contribution is -2.03. The van der Waals surface area contributed by atoms with Crippen LogP contribution >= 0.6 is 23.5 Å². The number of nitrogens with zero attached hydrogens (tertiary/aromatic N) is 1. The highest BCUT2D eigenvalue weighted by atomic mass is 32.2. The van der Waals surface area contributed by atoms with Crippen LogP contribution in [0.4, 0.5) is 0 Å². The van der Waals surface area contributed by atoms with E-state index in [-0.39, 0.29) is 0 Å². The quantitative estimate of drug-likeness (QED) is 0.489. The minimum Gasteiger partial charge on any atom is -0.487 e. The molecular weight excluding hydrogens is 374 g/mol. The number of hydrogen-bond donors (Lipinski definition) is 0. The van der Waals surface area contributed by atoms with Gasteiger partial charge in [0.15, 0.2) is 0 Å². The minimum atomic E-state index is 0.452. The Morgan fingerprint density at radius 1 is 0.630 bits per heavy atom. The first-order valence-electron chi connectivity index (χ1n) is 8.89. The molecule has 3 aromatic rings. The second-order valence-corrected chi connectivity index (χ2v) is 8.64. The zero-order valence-corrected chi connectivity index (χ0v) is 16.6. The molecule has 0 fully saturated rings. The smallest absolute Gasteiger partial charge is 0.130 e. The number of thioether (sulfide) groups is 2. The molecule has 0 N–H and O–H groups in total. The van der Waals surface area contributed by atoms with Crippen LogP contribution in [0.5, 0.6) is 11.5 Å². The van der Waals surface area contributed by atoms with E-state index in [0.717, 1.165) is 39.5 Å². The topological polar surface area (TPSA) is 31.4 Å². The third-order valence-electron chi connectivity index (χ3n) is 4.19. The van der Waals surface area contributed by atoms with E-state index in [1.807, 2.05) is 66.0 Å². The Balaban J connectivity index is 1.51. The summed E-state index contributed by atoms with van der Waals surface area (Å²) in [5.74, 6) is 3.78. The molecule has 0 saturated carbocycles. The van der Waals surface area contributed by atoms with Crippen LogP contribution in [0.25, 0.3) is 0 Å². The number of hydrogen-bond acceptors (Lipinski definition) is 5. The summed E-state index contributed by atoms with van der Waals surface area (Å²) in [4.78, 5) is 4.64. The molecule has 0 radical (unpaired) electrons. The summed E-state index contributed by atoms with van der Waals surface area (Å²) in [7, 11) is 0. The van der Waals surface area contributed by atoms with Gasteiger partial charge < -0.3 is 9.47 Å². The van der Waals surface area contributed by atoms with Crippen molar-refractivity contribution in [3.63, 3.8) is 0 Å². The Bertz CT molecular complexity index is 797. The summed E-state index contributed by atoms with van der Waals surface area (Å²) in [6.07, 6.45) is 0. The third kappa shape index (κ3) is 5.44. The fraction of sp³-hybridized carbons (Fsp3) is 0.227. The van der Waals surface area contributed by atoms with Gasteiger partial charge in [0.2, 0.25) is 0 Å². The molecule has 0 saturated heterocycles. The van der Waals surface area contributed by atoms with Crippen LogP contribution in [-0.4, -0.2) is 10.1 Å². The SMILES string of the molecule is c1cc2nc(c1)COc1ccc(cc1)CSCSCc1ccc(cc1)OC2. The van der Waals surface area contributed by atoms with E-state index < -0.39 is 0 Å². The van der Waals surface area contributed by atoms with E-state index >= 15 is 0 Å². The van der Waals surface area contributed by atoms with Crippen molar-refractivity contribution < 1.29 is 9.47 Å². The number of aromatic nitrogens is 1. The van der Waals surface area contributed by atoms with E-state index in [4.69, 9.17) is 9.47 Å². The highest BCUT2D eigenvalue weighted by molar-refractivity contribution is 8.15. The molecule has 138 valence electrons. The van der Waals surface area contributed by atoms with Gasteiger partial charge in [-0.05, 0) is 47.5 Å². The van der Waals surface area contributed by atoms with Crippen molar-refractivity contribution in [3.05, 3.63) is 89.2 Å². The van der Waals surface area contributed by atoms with Crippen molar-refractivity contribution in [2.24, 2.45) is 0 Å². The van der Waals surface area contributed by atoms with Crippen LogP contribution in [0.3, 0.4) is 0 Å². The lowest BCUT2D eigenvalue weighted by atomic mass is 10.2. The van der Waals surface area contributed by atoms with Gasteiger partial charge in [0.25, 0.3) is 0 Å². The van der Waals surface area contributed by atoms with Crippen molar-refractivity contribution in [3.8, 4) is 11.5 Å². The molecule has 3 nitrogen and oxygen atoms in total. The molecule has 5 heterocycles. The van der Waals surface area contributed by atoms with E-state index in [2.05, 4.69) is 29.2 Å². The molecule has 0 spiro atoms. The maximum atomic E-state index is 5.88. The Morgan fingerprint density at radius 3 is 1.59 bits per heavy atom. The number of benzene rings is 2. The van der Waals surface area contributed by atoms with Crippen LogP contribution < -0.4 is 9.47 Å². The third-order valence-corrected chi connectivity index (χ3v) is 6.60. The van der Waals surface area contributed by atoms with E-state index in [0.29, 0.717) is 13.2 Å². The average molecular weight is 396 g/mol. The van der Waals surface area contributed by atoms with Gasteiger partial charge in [-0.1, -0.05) is 30.3 Å². The fourth-order valence-corrected chi connectivity index (χ4v) is 4.74. The number of rotatable bonds is 0. The largest absolute Gasteiger partial charge is 0.487 e. The van der Waals surface area contributed by atoms with Crippen molar-refractivity contribution in [2.75, 3.05) is 5.08 Å². The zero-order chi connectivity index (χ0) is 18.3. The molecule has 1 aromatic heterocycles. The standard InChI is InChI=1S/C22H21NO2S2/c1-2-19-12-24-21-8-4-17(5-9-21)14-26-16-27-15-18-6-10-22(11-7-18)25-13-20(3-1)23-19/h1-11H,12-16H2. The molecule has 0 aliphatic carbocycles. The van der Waals surface area contributed by atoms with E-state index in [1.54, 1.807) is 0 Å². The number of ether oxygens (including phenoxy) is 2. The number of pyridine rings is 1. The van der Waals surface area contributed by atoms with Gasteiger partial charge in [0.05, 0.1) is 11.4 Å². The Kier molecular flexibility index (Phi) is 6.22. The lowest BCUT2D eigenvalue weighted by molar-refractivity contribution is 0.290. The first-order chi connectivity index (χ1) is 13.3. The zero-order valence-electron chi connectivity index (χ0n) is 15.0. The summed E-state index contributed by atoms with van der Waals surface area (Å²) < 4.78 is 11.8. The lowest BCUT2D eigenvalue weighted by Gasteiger charge is -2.10. The summed E-state index contributed by atoms with van der Waals surface area (Å²) in [6.45, 7) is 0.903. The van der Waals surface area contributed by atoms with Gasteiger partial charge in [0.1, 0.15) is 24.7 Å². The molecule has 0 unspecified atom stereocenters. The second-order valence-electron chi connectivity index (χ2n) is 6.30. The van der Waals surface area contributed by atoms with Crippen molar-refractivity contribution >= 4 is 23.5 Å². The molecule has 6 bridgehead atoms. The van der Waals surface area contributed by atoms with E-state index in [1.165, 1.54) is 11.1 Å². The molecule has 7 rings (SSSR count). The average Bonchev–Trinajstić information content (AvgIpc) is 2.72. The summed E-state index contributed by atoms with van der Waals surface area (Å²) in [6, 6.07) is 22.7. The normalized spacial score (nSPS) is 15.0. The maximum absolute atomic E-state index is 5.88. The molecule has 27 heavy (non-hydrogen) atoms. The van der Waals surface area contributed by atoms with Crippen LogP contribution in [0.2, 0.25) is 0 Å². The van der Waals surface area contributed by atoms with Crippen molar-refractivity contribution in [2.45, 2.75) is 24.7 Å². The van der Waals surface area contributed by atoms with Crippen LogP contribution in [0.1, 0.15) is 22.5 Å². The van der Waals surface area contributed by atoms with E-state index in [9.17, 15) is 0 Å². The first kappa shape index (κ1) is 18.3. The molecule has 0 atom stereocenters. The van der Waals surface area contributed by atoms with Crippen LogP contribution in [0, 0.1) is 0 Å². The summed E-state index contributed by atoms with van der Waals surface area (Å²) in [5, 5.41) is 1.08. The molecule has 4 aliphatic heterocycles.